The van der Waals surface area contributed by atoms with E-state index in [0.717, 1.165) is 21.6 Å². The summed E-state index contributed by atoms with van der Waals surface area (Å²) < 4.78 is 1.61. The average molecular weight is 308 g/mol. The van der Waals surface area contributed by atoms with Crippen LogP contribution in [0.15, 0.2) is 6.07 Å². The van der Waals surface area contributed by atoms with Crippen LogP contribution in [0.5, 0.6) is 0 Å². The molecule has 0 radical (unpaired) electrons. The van der Waals surface area contributed by atoms with Crippen LogP contribution in [0.1, 0.15) is 64.0 Å². The van der Waals surface area contributed by atoms with Crippen LogP contribution >= 0.6 is 34.5 Å². The van der Waals surface area contributed by atoms with E-state index in [2.05, 4.69) is 19.2 Å². The quantitative estimate of drug-likeness (QED) is 0.546. The fraction of sp³-hybridized carbons (Fsp3) is 0.714. The van der Waals surface area contributed by atoms with Gasteiger partial charge >= 0.3 is 0 Å². The molecule has 1 rings (SSSR count). The topological polar surface area (TPSA) is 12.0 Å². The third-order valence-electron chi connectivity index (χ3n) is 3.11. The van der Waals surface area contributed by atoms with Crippen LogP contribution in [-0.4, -0.2) is 6.54 Å². The molecule has 0 amide bonds. The number of halogens is 2. The average Bonchev–Trinajstić information content (AvgIpc) is 2.67. The maximum atomic E-state index is 6.23. The molecule has 1 nitrogen and oxygen atoms in total. The van der Waals surface area contributed by atoms with E-state index in [9.17, 15) is 0 Å². The molecular formula is C14H23Cl2NS. The molecule has 1 aromatic heterocycles. The van der Waals surface area contributed by atoms with E-state index in [1.54, 1.807) is 0 Å². The first-order valence-electron chi connectivity index (χ1n) is 6.87. The SMILES string of the molecule is CCCCCCCC(NCC)c1cc(Cl)sc1Cl. The standard InChI is InChI=1S/C14H23Cl2NS/c1-3-5-6-7-8-9-12(17-4-2)11-10-13(15)18-14(11)16/h10,12,17H,3-9H2,1-2H3. The highest BCUT2D eigenvalue weighted by molar-refractivity contribution is 7.20. The smallest absolute Gasteiger partial charge is 0.0991 e. The highest BCUT2D eigenvalue weighted by Crippen LogP contribution is 2.36. The molecule has 0 aliphatic heterocycles. The van der Waals surface area contributed by atoms with Crippen molar-refractivity contribution in [3.8, 4) is 0 Å². The lowest BCUT2D eigenvalue weighted by atomic mass is 10.0. The summed E-state index contributed by atoms with van der Waals surface area (Å²) in [6, 6.07) is 2.36. The van der Waals surface area contributed by atoms with Gasteiger partial charge < -0.3 is 5.32 Å². The third kappa shape index (κ3) is 5.48. The van der Waals surface area contributed by atoms with E-state index in [-0.39, 0.29) is 0 Å². The molecule has 0 saturated heterocycles. The van der Waals surface area contributed by atoms with Crippen molar-refractivity contribution in [3.63, 3.8) is 0 Å². The fourth-order valence-corrected chi connectivity index (χ4v) is 3.74. The minimum absolute atomic E-state index is 0.355. The van der Waals surface area contributed by atoms with Crippen molar-refractivity contribution in [3.05, 3.63) is 20.3 Å². The van der Waals surface area contributed by atoms with E-state index in [0.29, 0.717) is 6.04 Å². The van der Waals surface area contributed by atoms with Gasteiger partial charge in [-0.3, -0.25) is 0 Å². The summed E-state index contributed by atoms with van der Waals surface area (Å²) in [7, 11) is 0. The Bertz CT molecular complexity index is 339. The zero-order valence-electron chi connectivity index (χ0n) is 11.3. The lowest BCUT2D eigenvalue weighted by Crippen LogP contribution is -2.20. The molecule has 1 N–H and O–H groups in total. The molecule has 104 valence electrons. The minimum atomic E-state index is 0.355. The maximum Gasteiger partial charge on any atom is 0.0991 e. The third-order valence-corrected chi connectivity index (χ3v) is 4.62. The van der Waals surface area contributed by atoms with E-state index < -0.39 is 0 Å². The molecule has 0 aliphatic carbocycles. The molecule has 0 saturated carbocycles. The number of hydrogen-bond acceptors (Lipinski definition) is 2. The van der Waals surface area contributed by atoms with Gasteiger partial charge in [0.25, 0.3) is 0 Å². The highest BCUT2D eigenvalue weighted by Gasteiger charge is 2.16. The Balaban J connectivity index is 2.47. The molecule has 0 bridgehead atoms. The molecule has 4 heteroatoms. The number of nitrogens with one attached hydrogen (secondary N) is 1. The molecule has 18 heavy (non-hydrogen) atoms. The van der Waals surface area contributed by atoms with Crippen LogP contribution in [0.3, 0.4) is 0 Å². The normalized spacial score (nSPS) is 12.9. The summed E-state index contributed by atoms with van der Waals surface area (Å²) >= 11 is 13.7. The van der Waals surface area contributed by atoms with Gasteiger partial charge in [0.2, 0.25) is 0 Å². The van der Waals surface area contributed by atoms with E-state index in [4.69, 9.17) is 23.2 Å². The Hall–Kier alpha value is 0.240. The number of rotatable bonds is 9. The van der Waals surface area contributed by atoms with Gasteiger partial charge in [-0.25, -0.2) is 0 Å². The molecule has 0 fully saturated rings. The van der Waals surface area contributed by atoms with Crippen molar-refractivity contribution in [1.82, 2.24) is 5.32 Å². The second-order valence-corrected chi connectivity index (χ2v) is 6.88. The van der Waals surface area contributed by atoms with Crippen molar-refractivity contribution < 1.29 is 0 Å². The zero-order chi connectivity index (χ0) is 13.4. The first-order chi connectivity index (χ1) is 8.69. The van der Waals surface area contributed by atoms with Crippen molar-refractivity contribution >= 4 is 34.5 Å². The number of hydrogen-bond donors (Lipinski definition) is 1. The van der Waals surface area contributed by atoms with E-state index >= 15 is 0 Å². The van der Waals surface area contributed by atoms with Crippen LogP contribution in [0.25, 0.3) is 0 Å². The summed E-state index contributed by atoms with van der Waals surface area (Å²) in [5.74, 6) is 0. The summed E-state index contributed by atoms with van der Waals surface area (Å²) in [5, 5.41) is 3.51. The second kappa shape index (κ2) is 9.19. The Labute approximate surface area is 125 Å². The summed E-state index contributed by atoms with van der Waals surface area (Å²) in [6.07, 6.45) is 7.68. The van der Waals surface area contributed by atoms with Crippen LogP contribution in [0.4, 0.5) is 0 Å². The van der Waals surface area contributed by atoms with Crippen molar-refractivity contribution in [1.29, 1.82) is 0 Å². The van der Waals surface area contributed by atoms with Gasteiger partial charge in [-0.2, -0.15) is 0 Å². The van der Waals surface area contributed by atoms with Crippen LogP contribution in [-0.2, 0) is 0 Å². The number of unbranched alkanes of at least 4 members (excludes halogenated alkanes) is 4. The van der Waals surface area contributed by atoms with Crippen molar-refractivity contribution in [2.24, 2.45) is 0 Å². The molecular weight excluding hydrogens is 285 g/mol. The summed E-state index contributed by atoms with van der Waals surface area (Å²) in [5.41, 5.74) is 1.17. The van der Waals surface area contributed by atoms with Gasteiger partial charge in [-0.05, 0) is 19.0 Å². The molecule has 1 unspecified atom stereocenters. The summed E-state index contributed by atoms with van der Waals surface area (Å²) in [6.45, 7) is 5.34. The van der Waals surface area contributed by atoms with E-state index in [1.807, 2.05) is 6.07 Å². The fourth-order valence-electron chi connectivity index (χ4n) is 2.16. The lowest BCUT2D eigenvalue weighted by molar-refractivity contribution is 0.480. The molecule has 1 aromatic rings. The van der Waals surface area contributed by atoms with Crippen molar-refractivity contribution in [2.75, 3.05) is 6.54 Å². The van der Waals surface area contributed by atoms with E-state index in [1.165, 1.54) is 49.0 Å². The van der Waals surface area contributed by atoms with Crippen molar-refractivity contribution in [2.45, 2.75) is 58.4 Å². The van der Waals surface area contributed by atoms with Gasteiger partial charge in [-0.1, -0.05) is 69.2 Å². The second-order valence-electron chi connectivity index (χ2n) is 4.59. The number of thiophene rings is 1. The minimum Gasteiger partial charge on any atom is -0.310 e. The Morgan fingerprint density at radius 2 is 1.89 bits per heavy atom. The lowest BCUT2D eigenvalue weighted by Gasteiger charge is -2.17. The molecule has 0 aliphatic rings. The highest BCUT2D eigenvalue weighted by atomic mass is 35.5. The predicted molar refractivity (Wildman–Crippen MR) is 84.1 cm³/mol. The molecule has 0 spiro atoms. The zero-order valence-corrected chi connectivity index (χ0v) is 13.6. The molecule has 1 atom stereocenters. The van der Waals surface area contributed by atoms with Gasteiger partial charge in [0, 0.05) is 11.6 Å². The largest absolute Gasteiger partial charge is 0.310 e. The van der Waals surface area contributed by atoms with Crippen LogP contribution < -0.4 is 5.32 Å². The Kier molecular flexibility index (Phi) is 8.32. The van der Waals surface area contributed by atoms with Gasteiger partial charge in [0.15, 0.2) is 0 Å². The molecule has 0 aromatic carbocycles. The first kappa shape index (κ1) is 16.3. The first-order valence-corrected chi connectivity index (χ1v) is 8.44. The van der Waals surface area contributed by atoms with Crippen LogP contribution in [0, 0.1) is 0 Å². The maximum absolute atomic E-state index is 6.23. The monoisotopic (exact) mass is 307 g/mol. The predicted octanol–water partition coefficient (Wildman–Crippen LogP) is 6.07. The van der Waals surface area contributed by atoms with Gasteiger partial charge in [-0.15, -0.1) is 11.3 Å². The van der Waals surface area contributed by atoms with Gasteiger partial charge in [0.1, 0.15) is 0 Å². The Morgan fingerprint density at radius 1 is 1.17 bits per heavy atom. The van der Waals surface area contributed by atoms with Gasteiger partial charge in [0.05, 0.1) is 8.67 Å². The molecule has 1 heterocycles. The Morgan fingerprint density at radius 3 is 2.44 bits per heavy atom. The summed E-state index contributed by atoms with van der Waals surface area (Å²) in [4.78, 5) is 0. The van der Waals surface area contributed by atoms with Crippen LogP contribution in [0.2, 0.25) is 8.67 Å².